The van der Waals surface area contributed by atoms with Crippen molar-refractivity contribution in [3.63, 3.8) is 0 Å². The van der Waals surface area contributed by atoms with E-state index in [2.05, 4.69) is 25.9 Å². The number of primary amides is 1. The normalized spacial score (nSPS) is 14.0. The quantitative estimate of drug-likeness (QED) is 0.632. The molecule has 1 heterocycles. The molecule has 0 bridgehead atoms. The van der Waals surface area contributed by atoms with Gasteiger partial charge in [-0.05, 0) is 31.0 Å². The Bertz CT molecular complexity index is 817. The lowest BCUT2D eigenvalue weighted by molar-refractivity contribution is -0.114. The van der Waals surface area contributed by atoms with Crippen LogP contribution in [-0.4, -0.2) is 27.8 Å². The van der Waals surface area contributed by atoms with Crippen LogP contribution >= 0.6 is 0 Å². The molecule has 8 heteroatoms. The Labute approximate surface area is 151 Å². The molecule has 0 atom stereocenters. The minimum absolute atomic E-state index is 0.146. The molecule has 1 fully saturated rings. The number of carbonyl (C=O) groups excluding carboxylic acids is 2. The summed E-state index contributed by atoms with van der Waals surface area (Å²) in [5.74, 6) is 0.0763. The number of carbonyl (C=O) groups is 2. The van der Waals surface area contributed by atoms with Crippen LogP contribution in [-0.2, 0) is 4.79 Å². The van der Waals surface area contributed by atoms with Crippen molar-refractivity contribution in [2.75, 3.05) is 16.0 Å². The SMILES string of the molecule is CC(=O)Nc1cccc(Nc2ncc(C(N)=O)c(NC3CCCC3)n2)c1. The highest BCUT2D eigenvalue weighted by Crippen LogP contribution is 2.25. The van der Waals surface area contributed by atoms with Crippen molar-refractivity contribution in [3.05, 3.63) is 36.0 Å². The third kappa shape index (κ3) is 4.47. The van der Waals surface area contributed by atoms with Crippen LogP contribution in [0.5, 0.6) is 0 Å². The van der Waals surface area contributed by atoms with Crippen molar-refractivity contribution in [2.24, 2.45) is 5.73 Å². The van der Waals surface area contributed by atoms with Gasteiger partial charge in [-0.1, -0.05) is 18.9 Å². The maximum Gasteiger partial charge on any atom is 0.254 e. The van der Waals surface area contributed by atoms with Gasteiger partial charge in [-0.25, -0.2) is 4.98 Å². The third-order valence-electron chi connectivity index (χ3n) is 4.19. The van der Waals surface area contributed by atoms with Gasteiger partial charge in [0.05, 0.1) is 5.56 Å². The molecule has 1 aliphatic carbocycles. The Morgan fingerprint density at radius 2 is 1.92 bits per heavy atom. The summed E-state index contributed by atoms with van der Waals surface area (Å²) in [6.45, 7) is 1.45. The Hall–Kier alpha value is -3.16. The van der Waals surface area contributed by atoms with Crippen molar-refractivity contribution in [1.82, 2.24) is 9.97 Å². The molecular weight excluding hydrogens is 332 g/mol. The number of benzene rings is 1. The molecule has 26 heavy (non-hydrogen) atoms. The highest BCUT2D eigenvalue weighted by Gasteiger charge is 2.19. The predicted octanol–water partition coefficient (Wildman–Crippen LogP) is 2.63. The number of anilines is 4. The first-order chi connectivity index (χ1) is 12.5. The maximum atomic E-state index is 11.7. The molecule has 0 aliphatic heterocycles. The van der Waals surface area contributed by atoms with E-state index >= 15 is 0 Å². The third-order valence-corrected chi connectivity index (χ3v) is 4.19. The highest BCUT2D eigenvalue weighted by atomic mass is 16.1. The number of aromatic nitrogens is 2. The average Bonchev–Trinajstić information content (AvgIpc) is 3.07. The number of hydrogen-bond acceptors (Lipinski definition) is 6. The van der Waals surface area contributed by atoms with E-state index in [4.69, 9.17) is 5.73 Å². The van der Waals surface area contributed by atoms with E-state index in [1.165, 1.54) is 13.1 Å². The summed E-state index contributed by atoms with van der Waals surface area (Å²) in [6, 6.07) is 7.50. The molecule has 5 N–H and O–H groups in total. The summed E-state index contributed by atoms with van der Waals surface area (Å²) in [6.07, 6.45) is 5.84. The monoisotopic (exact) mass is 354 g/mol. The van der Waals surface area contributed by atoms with Gasteiger partial charge in [0, 0.05) is 30.5 Å². The zero-order valence-electron chi connectivity index (χ0n) is 14.6. The summed E-state index contributed by atoms with van der Waals surface area (Å²) < 4.78 is 0. The zero-order valence-corrected chi connectivity index (χ0v) is 14.6. The van der Waals surface area contributed by atoms with Gasteiger partial charge in [0.25, 0.3) is 5.91 Å². The highest BCUT2D eigenvalue weighted by molar-refractivity contribution is 5.97. The number of nitrogens with two attached hydrogens (primary N) is 1. The van der Waals surface area contributed by atoms with Crippen LogP contribution in [0.3, 0.4) is 0 Å². The summed E-state index contributed by atoms with van der Waals surface area (Å²) in [4.78, 5) is 31.4. The summed E-state index contributed by atoms with van der Waals surface area (Å²) in [5.41, 5.74) is 7.10. The minimum Gasteiger partial charge on any atom is -0.367 e. The molecule has 1 saturated carbocycles. The van der Waals surface area contributed by atoms with E-state index in [9.17, 15) is 9.59 Å². The van der Waals surface area contributed by atoms with Gasteiger partial charge in [-0.2, -0.15) is 4.98 Å². The second-order valence-corrected chi connectivity index (χ2v) is 6.33. The standard InChI is InChI=1S/C18H22N6O2/c1-11(25)21-13-7-4-8-14(9-13)23-18-20-10-15(16(19)26)17(24-18)22-12-5-2-3-6-12/h4,7-10,12H,2-3,5-6H2,1H3,(H2,19,26)(H,21,25)(H2,20,22,23,24). The van der Waals surface area contributed by atoms with Crippen LogP contribution in [0.2, 0.25) is 0 Å². The molecule has 2 amide bonds. The molecular formula is C18H22N6O2. The largest absolute Gasteiger partial charge is 0.367 e. The second kappa shape index (κ2) is 7.81. The van der Waals surface area contributed by atoms with Crippen LogP contribution in [0.25, 0.3) is 0 Å². The minimum atomic E-state index is -0.565. The molecule has 136 valence electrons. The first-order valence-electron chi connectivity index (χ1n) is 8.59. The number of amides is 2. The topological polar surface area (TPSA) is 122 Å². The Morgan fingerprint density at radius 3 is 2.62 bits per heavy atom. The number of nitrogens with zero attached hydrogens (tertiary/aromatic N) is 2. The lowest BCUT2D eigenvalue weighted by Crippen LogP contribution is -2.21. The number of nitrogens with one attached hydrogen (secondary N) is 3. The maximum absolute atomic E-state index is 11.7. The first-order valence-corrected chi connectivity index (χ1v) is 8.59. The van der Waals surface area contributed by atoms with Crippen molar-refractivity contribution in [1.29, 1.82) is 0 Å². The Balaban J connectivity index is 1.81. The molecule has 0 spiro atoms. The molecule has 0 unspecified atom stereocenters. The van der Waals surface area contributed by atoms with E-state index in [1.807, 2.05) is 12.1 Å². The van der Waals surface area contributed by atoms with Gasteiger partial charge in [-0.3, -0.25) is 9.59 Å². The Kier molecular flexibility index (Phi) is 5.31. The van der Waals surface area contributed by atoms with Crippen LogP contribution in [0.1, 0.15) is 43.0 Å². The smallest absolute Gasteiger partial charge is 0.254 e. The summed E-state index contributed by atoms with van der Waals surface area (Å²) in [7, 11) is 0. The van der Waals surface area contributed by atoms with E-state index in [1.54, 1.807) is 12.1 Å². The molecule has 8 nitrogen and oxygen atoms in total. The molecule has 0 saturated heterocycles. The van der Waals surface area contributed by atoms with Gasteiger partial charge < -0.3 is 21.7 Å². The van der Waals surface area contributed by atoms with Crippen molar-refractivity contribution in [3.8, 4) is 0 Å². The lowest BCUT2D eigenvalue weighted by atomic mass is 10.2. The van der Waals surface area contributed by atoms with E-state index in [0.717, 1.165) is 31.4 Å². The molecule has 1 aromatic heterocycles. The van der Waals surface area contributed by atoms with E-state index < -0.39 is 5.91 Å². The van der Waals surface area contributed by atoms with Gasteiger partial charge in [0.15, 0.2) is 0 Å². The average molecular weight is 354 g/mol. The zero-order chi connectivity index (χ0) is 18.5. The van der Waals surface area contributed by atoms with Crippen LogP contribution in [0.15, 0.2) is 30.5 Å². The van der Waals surface area contributed by atoms with Gasteiger partial charge in [0.2, 0.25) is 11.9 Å². The first kappa shape index (κ1) is 17.7. The fraction of sp³-hybridized carbons (Fsp3) is 0.333. The van der Waals surface area contributed by atoms with Crippen molar-refractivity contribution < 1.29 is 9.59 Å². The van der Waals surface area contributed by atoms with Crippen LogP contribution in [0.4, 0.5) is 23.1 Å². The lowest BCUT2D eigenvalue weighted by Gasteiger charge is -2.16. The van der Waals surface area contributed by atoms with Crippen molar-refractivity contribution >= 4 is 35.0 Å². The molecule has 2 aromatic rings. The number of rotatable bonds is 6. The second-order valence-electron chi connectivity index (χ2n) is 6.33. The number of hydrogen-bond donors (Lipinski definition) is 4. The molecule has 1 aliphatic rings. The van der Waals surface area contributed by atoms with Crippen LogP contribution in [0, 0.1) is 0 Å². The van der Waals surface area contributed by atoms with Crippen LogP contribution < -0.4 is 21.7 Å². The van der Waals surface area contributed by atoms with Gasteiger partial charge >= 0.3 is 0 Å². The molecule has 1 aromatic carbocycles. The molecule has 3 rings (SSSR count). The molecule has 0 radical (unpaired) electrons. The van der Waals surface area contributed by atoms with E-state index in [0.29, 0.717) is 23.5 Å². The fourth-order valence-corrected chi connectivity index (χ4v) is 3.00. The fourth-order valence-electron chi connectivity index (χ4n) is 3.00. The van der Waals surface area contributed by atoms with E-state index in [-0.39, 0.29) is 11.5 Å². The van der Waals surface area contributed by atoms with Gasteiger partial charge in [0.1, 0.15) is 5.82 Å². The predicted molar refractivity (Wildman–Crippen MR) is 100 cm³/mol. The summed E-state index contributed by atoms with van der Waals surface area (Å²) in [5, 5.41) is 9.11. The Morgan fingerprint density at radius 1 is 1.19 bits per heavy atom. The van der Waals surface area contributed by atoms with Gasteiger partial charge in [-0.15, -0.1) is 0 Å². The van der Waals surface area contributed by atoms with Crippen molar-refractivity contribution in [2.45, 2.75) is 38.6 Å². The summed E-state index contributed by atoms with van der Waals surface area (Å²) >= 11 is 0.